The number of unbranched alkanes of at least 4 members (excludes halogenated alkanes) is 3. The van der Waals surface area contributed by atoms with Crippen molar-refractivity contribution in [1.82, 2.24) is 9.97 Å². The molecule has 3 rings (SSSR count). The van der Waals surface area contributed by atoms with E-state index in [-0.39, 0.29) is 18.8 Å². The molecule has 11 nitrogen and oxygen atoms in total. The van der Waals surface area contributed by atoms with Crippen LogP contribution in [-0.2, 0) is 4.74 Å². The molecule has 1 aromatic rings. The molecule has 3 unspecified atom stereocenters. The zero-order valence-electron chi connectivity index (χ0n) is 15.5. The third kappa shape index (κ3) is 4.26. The van der Waals surface area contributed by atoms with Crippen molar-refractivity contribution < 1.29 is 9.84 Å². The average Bonchev–Trinajstić information content (AvgIpc) is 3.25. The number of fused-ring (bicyclic) bond motifs is 1. The Hall–Kier alpha value is -2.49. The Balaban J connectivity index is 1.72. The number of hydrogen-bond donors (Lipinski definition) is 4. The number of nitrogens with two attached hydrogens (primary N) is 1. The van der Waals surface area contributed by atoms with Gasteiger partial charge in [-0.1, -0.05) is 31.3 Å². The molecule has 27 heavy (non-hydrogen) atoms. The molecule has 0 aromatic carbocycles. The summed E-state index contributed by atoms with van der Waals surface area (Å²) in [6.07, 6.45) is 4.23. The highest BCUT2D eigenvalue weighted by Gasteiger charge is 2.40. The molecule has 0 spiro atoms. The lowest BCUT2D eigenvalue weighted by Gasteiger charge is -2.24. The first kappa shape index (κ1) is 19.3. The second kappa shape index (κ2) is 8.94. The van der Waals surface area contributed by atoms with E-state index in [2.05, 4.69) is 37.6 Å². The first-order chi connectivity index (χ1) is 13.2. The zero-order chi connectivity index (χ0) is 19.2. The predicted molar refractivity (Wildman–Crippen MR) is 103 cm³/mol. The number of nitrogens with zero attached hydrogens (tertiary/aromatic N) is 6. The molecule has 11 heteroatoms. The Bertz CT molecular complexity index is 695. The van der Waals surface area contributed by atoms with Crippen LogP contribution in [0.1, 0.15) is 39.0 Å². The van der Waals surface area contributed by atoms with E-state index >= 15 is 0 Å². The molecule has 1 fully saturated rings. The van der Waals surface area contributed by atoms with Gasteiger partial charge in [-0.3, -0.25) is 0 Å². The van der Waals surface area contributed by atoms with Gasteiger partial charge in [0, 0.05) is 17.9 Å². The van der Waals surface area contributed by atoms with Crippen molar-refractivity contribution in [2.75, 3.05) is 41.1 Å². The van der Waals surface area contributed by atoms with E-state index in [4.69, 9.17) is 16.0 Å². The van der Waals surface area contributed by atoms with Crippen LogP contribution >= 0.6 is 0 Å². The van der Waals surface area contributed by atoms with Gasteiger partial charge in [0.15, 0.2) is 11.6 Å². The lowest BCUT2D eigenvalue weighted by atomic mass is 10.1. The molecule has 3 atom stereocenters. The molecule has 0 amide bonds. The second-order valence-corrected chi connectivity index (χ2v) is 6.74. The van der Waals surface area contributed by atoms with Crippen LogP contribution in [0.15, 0.2) is 5.11 Å². The number of ether oxygens (including phenoxy) is 1. The minimum atomic E-state index is -0.523. The fraction of sp³-hybridized carbons (Fsp3) is 0.750. The average molecular weight is 377 g/mol. The molecule has 0 aliphatic carbocycles. The molecular formula is C16H27N9O2. The van der Waals surface area contributed by atoms with Crippen LogP contribution in [0.5, 0.6) is 0 Å². The van der Waals surface area contributed by atoms with E-state index in [0.717, 1.165) is 18.7 Å². The summed E-state index contributed by atoms with van der Waals surface area (Å²) in [5, 5.41) is 19.8. The fourth-order valence-corrected chi connectivity index (χ4v) is 3.46. The highest BCUT2D eigenvalue weighted by Crippen LogP contribution is 2.39. The number of aliphatic hydroxyl groups is 1. The highest BCUT2D eigenvalue weighted by molar-refractivity contribution is 5.82. The molecule has 0 saturated carbocycles. The van der Waals surface area contributed by atoms with Crippen molar-refractivity contribution in [3.05, 3.63) is 10.4 Å². The standard InChI is InChI=1S/C16H27N9O2/c1-2-3-4-5-6-19-14-13-15(22-16(17)21-14)25(9-20-13)12-7-10(23-24-18)11(8-26)27-12/h10-12,20,26H,2-9H2,1H3,(H3,17,19,21,22). The number of aromatic nitrogens is 2. The van der Waals surface area contributed by atoms with Crippen LogP contribution in [0.4, 0.5) is 23.3 Å². The van der Waals surface area contributed by atoms with Crippen LogP contribution in [0.25, 0.3) is 10.4 Å². The van der Waals surface area contributed by atoms with Crippen LogP contribution in [0.3, 0.4) is 0 Å². The largest absolute Gasteiger partial charge is 0.394 e. The minimum Gasteiger partial charge on any atom is -0.394 e. The quantitative estimate of drug-likeness (QED) is 0.220. The van der Waals surface area contributed by atoms with Crippen molar-refractivity contribution in [3.8, 4) is 0 Å². The van der Waals surface area contributed by atoms with E-state index in [1.165, 1.54) is 19.3 Å². The van der Waals surface area contributed by atoms with Gasteiger partial charge in [0.05, 0.1) is 25.4 Å². The van der Waals surface area contributed by atoms with Gasteiger partial charge in [0.25, 0.3) is 0 Å². The van der Waals surface area contributed by atoms with Gasteiger partial charge >= 0.3 is 0 Å². The normalized spacial score (nSPS) is 23.6. The van der Waals surface area contributed by atoms with Gasteiger partial charge in [0.1, 0.15) is 11.9 Å². The summed E-state index contributed by atoms with van der Waals surface area (Å²) in [7, 11) is 0. The number of nitrogens with one attached hydrogen (secondary N) is 2. The Morgan fingerprint density at radius 1 is 1.44 bits per heavy atom. The Morgan fingerprint density at radius 2 is 2.30 bits per heavy atom. The lowest BCUT2D eigenvalue weighted by molar-refractivity contribution is 0.00773. The third-order valence-electron chi connectivity index (χ3n) is 4.86. The minimum absolute atomic E-state index is 0.182. The summed E-state index contributed by atoms with van der Waals surface area (Å²) in [5.74, 6) is 1.52. The molecule has 1 aromatic heterocycles. The summed E-state index contributed by atoms with van der Waals surface area (Å²) < 4.78 is 5.87. The lowest BCUT2D eigenvalue weighted by Crippen LogP contribution is -2.36. The number of anilines is 4. The second-order valence-electron chi connectivity index (χ2n) is 6.74. The SMILES string of the molecule is CCCCCCNc1nc(N)nc2c1NCN2C1CC(N=[N+]=[N-])C(CO)O1. The van der Waals surface area contributed by atoms with Crippen molar-refractivity contribution in [2.24, 2.45) is 5.11 Å². The monoisotopic (exact) mass is 377 g/mol. The maximum Gasteiger partial charge on any atom is 0.224 e. The molecule has 0 bridgehead atoms. The molecule has 2 aliphatic heterocycles. The summed E-state index contributed by atoms with van der Waals surface area (Å²) in [6.45, 7) is 3.27. The van der Waals surface area contributed by atoms with Gasteiger partial charge < -0.3 is 31.1 Å². The number of azide groups is 1. The van der Waals surface area contributed by atoms with E-state index in [1.807, 2.05) is 4.90 Å². The van der Waals surface area contributed by atoms with Gasteiger partial charge in [0.2, 0.25) is 5.95 Å². The number of nitrogen functional groups attached to an aromatic ring is 1. The summed E-state index contributed by atoms with van der Waals surface area (Å²) in [5.41, 5.74) is 15.4. The maximum atomic E-state index is 9.47. The Kier molecular flexibility index (Phi) is 6.38. The summed E-state index contributed by atoms with van der Waals surface area (Å²) in [4.78, 5) is 13.5. The van der Waals surface area contributed by atoms with Gasteiger partial charge in [-0.05, 0) is 12.0 Å². The Labute approximate surface area is 157 Å². The van der Waals surface area contributed by atoms with Crippen LogP contribution in [0, 0.1) is 0 Å². The van der Waals surface area contributed by atoms with Gasteiger partial charge in [-0.25, -0.2) is 0 Å². The van der Waals surface area contributed by atoms with Crippen molar-refractivity contribution in [3.63, 3.8) is 0 Å². The number of rotatable bonds is 9. The third-order valence-corrected chi connectivity index (χ3v) is 4.86. The predicted octanol–water partition coefficient (Wildman–Crippen LogP) is 2.03. The smallest absolute Gasteiger partial charge is 0.224 e. The first-order valence-corrected chi connectivity index (χ1v) is 9.40. The molecule has 148 valence electrons. The van der Waals surface area contributed by atoms with E-state index in [9.17, 15) is 5.11 Å². The maximum absolute atomic E-state index is 9.47. The summed E-state index contributed by atoms with van der Waals surface area (Å²) in [6, 6.07) is -0.413. The summed E-state index contributed by atoms with van der Waals surface area (Å²) >= 11 is 0. The molecule has 1 saturated heterocycles. The molecule has 0 radical (unpaired) electrons. The van der Waals surface area contributed by atoms with Crippen molar-refractivity contribution in [2.45, 2.75) is 57.4 Å². The zero-order valence-corrected chi connectivity index (χ0v) is 15.5. The van der Waals surface area contributed by atoms with E-state index < -0.39 is 12.1 Å². The highest BCUT2D eigenvalue weighted by atomic mass is 16.5. The van der Waals surface area contributed by atoms with Crippen molar-refractivity contribution in [1.29, 1.82) is 0 Å². The van der Waals surface area contributed by atoms with Gasteiger partial charge in [-0.15, -0.1) is 0 Å². The molecule has 2 aliphatic rings. The van der Waals surface area contributed by atoms with E-state index in [0.29, 0.717) is 24.7 Å². The topological polar surface area (TPSA) is 157 Å². The van der Waals surface area contributed by atoms with E-state index in [1.54, 1.807) is 0 Å². The molecular weight excluding hydrogens is 350 g/mol. The van der Waals surface area contributed by atoms with Crippen LogP contribution in [-0.4, -0.2) is 53.3 Å². The Morgan fingerprint density at radius 3 is 3.04 bits per heavy atom. The molecule has 3 heterocycles. The van der Waals surface area contributed by atoms with Crippen LogP contribution < -0.4 is 21.3 Å². The number of aliphatic hydroxyl groups excluding tert-OH is 1. The van der Waals surface area contributed by atoms with Crippen LogP contribution in [0.2, 0.25) is 0 Å². The number of hydrogen-bond acceptors (Lipinski definition) is 9. The van der Waals surface area contributed by atoms with Gasteiger partial charge in [-0.2, -0.15) is 9.97 Å². The molecule has 5 N–H and O–H groups in total. The van der Waals surface area contributed by atoms with Crippen molar-refractivity contribution >= 4 is 23.3 Å². The fourth-order valence-electron chi connectivity index (χ4n) is 3.46. The first-order valence-electron chi connectivity index (χ1n) is 9.40.